The highest BCUT2D eigenvalue weighted by Gasteiger charge is 2.26. The number of carbonyl (C=O) groups excluding carboxylic acids is 1. The Bertz CT molecular complexity index is 925. The molecule has 1 amide bonds. The van der Waals surface area contributed by atoms with E-state index in [2.05, 4.69) is 45.1 Å². The van der Waals surface area contributed by atoms with Crippen molar-refractivity contribution in [2.24, 2.45) is 5.92 Å². The van der Waals surface area contributed by atoms with Crippen molar-refractivity contribution in [3.05, 3.63) is 66.5 Å². The molecular formula is C21H23N5O. The van der Waals surface area contributed by atoms with E-state index in [1.54, 1.807) is 12.3 Å². The van der Waals surface area contributed by atoms with E-state index >= 15 is 0 Å². The summed E-state index contributed by atoms with van der Waals surface area (Å²) in [5, 5.41) is 2.40. The first-order valence-electron chi connectivity index (χ1n) is 9.26. The second-order valence-electron chi connectivity index (χ2n) is 7.20. The molecule has 27 heavy (non-hydrogen) atoms. The number of carbonyl (C=O) groups is 1. The number of benzene rings is 1. The number of rotatable bonds is 3. The van der Waals surface area contributed by atoms with E-state index < -0.39 is 0 Å². The third-order valence-corrected chi connectivity index (χ3v) is 5.15. The third kappa shape index (κ3) is 3.95. The number of hydrogen-bond acceptors (Lipinski definition) is 5. The smallest absolute Gasteiger partial charge is 0.272 e. The summed E-state index contributed by atoms with van der Waals surface area (Å²) in [7, 11) is 2.12. The van der Waals surface area contributed by atoms with Crippen LogP contribution >= 0.6 is 0 Å². The second-order valence-corrected chi connectivity index (χ2v) is 7.20. The van der Waals surface area contributed by atoms with Crippen LogP contribution in [0.15, 0.2) is 55.2 Å². The van der Waals surface area contributed by atoms with E-state index in [1.807, 2.05) is 23.4 Å². The molecule has 0 spiro atoms. The van der Waals surface area contributed by atoms with Crippen molar-refractivity contribution in [2.45, 2.75) is 6.42 Å². The highest BCUT2D eigenvalue weighted by atomic mass is 16.2. The lowest BCUT2D eigenvalue weighted by Crippen LogP contribution is -2.37. The quantitative estimate of drug-likeness (QED) is 0.716. The lowest BCUT2D eigenvalue weighted by atomic mass is 9.96. The molecule has 1 aliphatic heterocycles. The van der Waals surface area contributed by atoms with Crippen molar-refractivity contribution < 1.29 is 4.79 Å². The van der Waals surface area contributed by atoms with Crippen LogP contribution in [-0.2, 0) is 6.42 Å². The first-order chi connectivity index (χ1) is 13.2. The van der Waals surface area contributed by atoms with Crippen LogP contribution in [-0.4, -0.2) is 63.9 Å². The van der Waals surface area contributed by atoms with Gasteiger partial charge >= 0.3 is 0 Å². The Hall–Kier alpha value is -2.86. The minimum absolute atomic E-state index is 0.0197. The van der Waals surface area contributed by atoms with Gasteiger partial charge in [0, 0.05) is 50.2 Å². The third-order valence-electron chi connectivity index (χ3n) is 5.15. The Morgan fingerprint density at radius 2 is 2.00 bits per heavy atom. The average Bonchev–Trinajstić information content (AvgIpc) is 2.89. The van der Waals surface area contributed by atoms with Crippen molar-refractivity contribution >= 4 is 16.7 Å². The van der Waals surface area contributed by atoms with Crippen molar-refractivity contribution in [1.29, 1.82) is 0 Å². The number of amides is 1. The number of aromatic nitrogens is 3. The van der Waals surface area contributed by atoms with E-state index in [1.165, 1.54) is 17.3 Å². The van der Waals surface area contributed by atoms with Crippen molar-refractivity contribution in [3.63, 3.8) is 0 Å². The van der Waals surface area contributed by atoms with Gasteiger partial charge in [-0.3, -0.25) is 9.78 Å². The maximum atomic E-state index is 12.9. The molecule has 0 bridgehead atoms. The van der Waals surface area contributed by atoms with E-state index in [0.717, 1.165) is 31.4 Å². The molecule has 1 aliphatic rings. The van der Waals surface area contributed by atoms with Crippen molar-refractivity contribution in [2.75, 3.05) is 33.2 Å². The maximum absolute atomic E-state index is 12.9. The van der Waals surface area contributed by atoms with Gasteiger partial charge in [0.1, 0.15) is 12.0 Å². The Morgan fingerprint density at radius 3 is 2.85 bits per heavy atom. The first kappa shape index (κ1) is 17.5. The monoisotopic (exact) mass is 361 g/mol. The topological polar surface area (TPSA) is 62.2 Å². The van der Waals surface area contributed by atoms with E-state index in [0.29, 0.717) is 18.2 Å². The van der Waals surface area contributed by atoms with E-state index in [9.17, 15) is 4.79 Å². The van der Waals surface area contributed by atoms with Gasteiger partial charge in [-0.25, -0.2) is 9.97 Å². The largest absolute Gasteiger partial charge is 0.336 e. The fourth-order valence-electron chi connectivity index (χ4n) is 3.83. The Labute approximate surface area is 158 Å². The van der Waals surface area contributed by atoms with E-state index in [-0.39, 0.29) is 5.91 Å². The van der Waals surface area contributed by atoms with Crippen LogP contribution in [0.3, 0.4) is 0 Å². The lowest BCUT2D eigenvalue weighted by molar-refractivity contribution is 0.0740. The standard InChI is InChI=1S/C21H23N5O/c1-25-8-9-26(21(27)20-6-7-22-15-24-20)14-16(13-25)10-18-12-23-11-17-4-2-3-5-19(17)18/h2-7,11-12,15-16H,8-10,13-14H2,1H3/t16-/m0/s1. The molecule has 1 aromatic carbocycles. The molecule has 1 atom stereocenters. The lowest BCUT2D eigenvalue weighted by Gasteiger charge is -2.24. The zero-order valence-corrected chi connectivity index (χ0v) is 15.5. The number of nitrogens with zero attached hydrogens (tertiary/aromatic N) is 5. The summed E-state index contributed by atoms with van der Waals surface area (Å²) in [6.45, 7) is 3.25. The summed E-state index contributed by atoms with van der Waals surface area (Å²) in [6, 6.07) is 10.0. The van der Waals surface area contributed by atoms with Crippen molar-refractivity contribution in [1.82, 2.24) is 24.8 Å². The Kier molecular flexibility index (Phi) is 5.07. The highest BCUT2D eigenvalue weighted by Crippen LogP contribution is 2.22. The molecular weight excluding hydrogens is 338 g/mol. The molecule has 3 aromatic rings. The molecule has 6 heteroatoms. The SMILES string of the molecule is CN1CCN(C(=O)c2ccncn2)C[C@@H](Cc2cncc3ccccc23)C1. The molecule has 6 nitrogen and oxygen atoms in total. The summed E-state index contributed by atoms with van der Waals surface area (Å²) in [6.07, 6.45) is 7.80. The number of pyridine rings is 1. The van der Waals surface area contributed by atoms with Gasteiger partial charge in [0.15, 0.2) is 0 Å². The molecule has 0 aliphatic carbocycles. The molecule has 1 fully saturated rings. The number of fused-ring (bicyclic) bond motifs is 1. The second kappa shape index (κ2) is 7.80. The van der Waals surface area contributed by atoms with Crippen LogP contribution in [0.2, 0.25) is 0 Å². The summed E-state index contributed by atoms with van der Waals surface area (Å²) in [5.41, 5.74) is 1.70. The Balaban J connectivity index is 1.57. The summed E-state index contributed by atoms with van der Waals surface area (Å²) in [4.78, 5) is 29.5. The molecule has 0 unspecified atom stereocenters. The fraction of sp³-hybridized carbons (Fsp3) is 0.333. The van der Waals surface area contributed by atoms with Crippen LogP contribution in [0.1, 0.15) is 16.1 Å². The van der Waals surface area contributed by atoms with Crippen LogP contribution in [0.4, 0.5) is 0 Å². The van der Waals surface area contributed by atoms with Gasteiger partial charge < -0.3 is 9.80 Å². The molecule has 0 saturated carbocycles. The predicted molar refractivity (Wildman–Crippen MR) is 104 cm³/mol. The average molecular weight is 361 g/mol. The van der Waals surface area contributed by atoms with E-state index in [4.69, 9.17) is 0 Å². The molecule has 3 heterocycles. The summed E-state index contributed by atoms with van der Waals surface area (Å²) < 4.78 is 0. The zero-order valence-electron chi connectivity index (χ0n) is 15.5. The van der Waals surface area contributed by atoms with Gasteiger partial charge in [-0.05, 0) is 36.4 Å². The van der Waals surface area contributed by atoms with Gasteiger partial charge in [0.05, 0.1) is 0 Å². The highest BCUT2D eigenvalue weighted by molar-refractivity contribution is 5.92. The number of likely N-dealkylation sites (N-methyl/N-ethyl adjacent to an activating group) is 1. The van der Waals surface area contributed by atoms with Crippen LogP contribution in [0.5, 0.6) is 0 Å². The normalized spacial score (nSPS) is 18.4. The van der Waals surface area contributed by atoms with Gasteiger partial charge in [-0.1, -0.05) is 24.3 Å². The molecule has 0 radical (unpaired) electrons. The predicted octanol–water partition coefficient (Wildman–Crippen LogP) is 2.27. The molecule has 0 N–H and O–H groups in total. The first-order valence-corrected chi connectivity index (χ1v) is 9.26. The summed E-state index contributed by atoms with van der Waals surface area (Å²) in [5.74, 6) is 0.324. The van der Waals surface area contributed by atoms with Gasteiger partial charge in [0.2, 0.25) is 0 Å². The molecule has 2 aromatic heterocycles. The Morgan fingerprint density at radius 1 is 1.11 bits per heavy atom. The minimum Gasteiger partial charge on any atom is -0.336 e. The zero-order chi connectivity index (χ0) is 18.6. The van der Waals surface area contributed by atoms with Crippen molar-refractivity contribution in [3.8, 4) is 0 Å². The summed E-state index contributed by atoms with van der Waals surface area (Å²) >= 11 is 0. The van der Waals surface area contributed by atoms with Crippen LogP contribution in [0, 0.1) is 5.92 Å². The molecule has 4 rings (SSSR count). The number of hydrogen-bond donors (Lipinski definition) is 0. The van der Waals surface area contributed by atoms with Gasteiger partial charge in [0.25, 0.3) is 5.91 Å². The van der Waals surface area contributed by atoms with Crippen LogP contribution < -0.4 is 0 Å². The fourth-order valence-corrected chi connectivity index (χ4v) is 3.83. The van der Waals surface area contributed by atoms with Gasteiger partial charge in [-0.2, -0.15) is 0 Å². The molecule has 1 saturated heterocycles. The minimum atomic E-state index is -0.0197. The molecule has 138 valence electrons. The van der Waals surface area contributed by atoms with Crippen LogP contribution in [0.25, 0.3) is 10.8 Å². The maximum Gasteiger partial charge on any atom is 0.272 e. The van der Waals surface area contributed by atoms with Gasteiger partial charge in [-0.15, -0.1) is 0 Å².